The Balaban J connectivity index is 4.23. The van der Waals surface area contributed by atoms with Gasteiger partial charge in [-0.15, -0.1) is 0 Å². The van der Waals surface area contributed by atoms with Gasteiger partial charge in [0.05, 0.1) is 0 Å². The molecule has 0 aromatic heterocycles. The summed E-state index contributed by atoms with van der Waals surface area (Å²) < 4.78 is 17.0. The molecule has 79 heavy (non-hydrogen) atoms. The molecule has 1 unspecified atom stereocenters. The van der Waals surface area contributed by atoms with Crippen molar-refractivity contribution >= 4 is 17.9 Å². The molecule has 0 heterocycles. The van der Waals surface area contributed by atoms with E-state index in [0.717, 1.165) is 77.0 Å². The van der Waals surface area contributed by atoms with Crippen LogP contribution in [-0.2, 0) is 28.6 Å². The van der Waals surface area contributed by atoms with E-state index in [1.165, 1.54) is 250 Å². The van der Waals surface area contributed by atoms with Gasteiger partial charge in [0.2, 0.25) is 0 Å². The van der Waals surface area contributed by atoms with Crippen molar-refractivity contribution in [1.29, 1.82) is 0 Å². The van der Waals surface area contributed by atoms with Crippen LogP contribution in [0.25, 0.3) is 0 Å². The molecule has 0 saturated heterocycles. The van der Waals surface area contributed by atoms with Crippen molar-refractivity contribution in [3.05, 3.63) is 60.8 Å². The van der Waals surface area contributed by atoms with Crippen molar-refractivity contribution in [2.24, 2.45) is 0 Å². The zero-order chi connectivity index (χ0) is 57.1. The van der Waals surface area contributed by atoms with E-state index in [4.69, 9.17) is 14.2 Å². The van der Waals surface area contributed by atoms with Crippen LogP contribution in [-0.4, -0.2) is 37.2 Å². The molecule has 0 amide bonds. The summed E-state index contributed by atoms with van der Waals surface area (Å²) >= 11 is 0. The third-order valence-corrected chi connectivity index (χ3v) is 15.5. The highest BCUT2D eigenvalue weighted by molar-refractivity contribution is 5.71. The first-order valence-corrected chi connectivity index (χ1v) is 34.8. The molecule has 0 aliphatic carbocycles. The zero-order valence-corrected chi connectivity index (χ0v) is 52.9. The lowest BCUT2D eigenvalue weighted by Gasteiger charge is -2.18. The Morgan fingerprint density at radius 3 is 0.734 bits per heavy atom. The lowest BCUT2D eigenvalue weighted by molar-refractivity contribution is -0.167. The van der Waals surface area contributed by atoms with E-state index in [9.17, 15) is 14.4 Å². The number of carbonyl (C=O) groups is 3. The minimum absolute atomic E-state index is 0.0715. The Morgan fingerprint density at radius 1 is 0.253 bits per heavy atom. The van der Waals surface area contributed by atoms with Crippen LogP contribution < -0.4 is 0 Å². The molecular formula is C73H132O6. The van der Waals surface area contributed by atoms with Gasteiger partial charge in [-0.05, 0) is 89.9 Å². The van der Waals surface area contributed by atoms with E-state index in [1.807, 2.05) is 0 Å². The summed E-state index contributed by atoms with van der Waals surface area (Å²) in [5.74, 6) is -0.854. The van der Waals surface area contributed by atoms with Crippen molar-refractivity contribution in [2.45, 2.75) is 374 Å². The van der Waals surface area contributed by atoms with Crippen molar-refractivity contribution < 1.29 is 28.6 Å². The molecule has 0 N–H and O–H groups in total. The summed E-state index contributed by atoms with van der Waals surface area (Å²) in [6, 6.07) is 0. The van der Waals surface area contributed by atoms with Gasteiger partial charge in [-0.25, -0.2) is 0 Å². The molecule has 0 aliphatic heterocycles. The topological polar surface area (TPSA) is 78.9 Å². The van der Waals surface area contributed by atoms with Gasteiger partial charge in [0.1, 0.15) is 13.2 Å². The van der Waals surface area contributed by atoms with Crippen LogP contribution >= 0.6 is 0 Å². The van der Waals surface area contributed by atoms with Crippen molar-refractivity contribution in [2.75, 3.05) is 13.2 Å². The number of ether oxygens (including phenoxy) is 3. The monoisotopic (exact) mass is 1110 g/mol. The molecule has 0 saturated carbocycles. The standard InChI is InChI=1S/C73H132O6/c1-4-7-10-13-16-19-22-25-27-29-31-32-33-34-35-36-37-38-39-40-42-43-45-48-51-54-57-60-63-66-72(75)78-69-70(68-77-71(74)65-62-59-56-53-50-47-24-21-18-15-12-9-6-3)79-73(76)67-64-61-58-55-52-49-46-44-41-30-28-26-23-20-17-14-11-8-5-2/h17,20,22,25-26,28-29,31,33-34,70H,4-16,18-19,21,23-24,27,30,32,35-69H2,1-3H3/b20-17-,25-22-,28-26-,31-29-,34-33-. The van der Waals surface area contributed by atoms with Crippen LogP contribution in [0.4, 0.5) is 0 Å². The van der Waals surface area contributed by atoms with Crippen LogP contribution in [0.15, 0.2) is 60.8 Å². The zero-order valence-electron chi connectivity index (χ0n) is 52.9. The van der Waals surface area contributed by atoms with Gasteiger partial charge in [-0.3, -0.25) is 14.4 Å². The number of carbonyl (C=O) groups excluding carboxylic acids is 3. The second kappa shape index (κ2) is 67.6. The largest absolute Gasteiger partial charge is 0.462 e. The lowest BCUT2D eigenvalue weighted by Crippen LogP contribution is -2.30. The fourth-order valence-corrected chi connectivity index (χ4v) is 10.2. The van der Waals surface area contributed by atoms with E-state index in [1.54, 1.807) is 0 Å². The van der Waals surface area contributed by atoms with Crippen molar-refractivity contribution in [1.82, 2.24) is 0 Å². The van der Waals surface area contributed by atoms with Gasteiger partial charge in [0.15, 0.2) is 6.10 Å². The molecule has 1 atom stereocenters. The molecule has 0 spiro atoms. The van der Waals surface area contributed by atoms with Crippen LogP contribution in [0.3, 0.4) is 0 Å². The quantitative estimate of drug-likeness (QED) is 0.0261. The summed E-state index contributed by atoms with van der Waals surface area (Å²) in [5, 5.41) is 0. The fraction of sp³-hybridized carbons (Fsp3) is 0.822. The van der Waals surface area contributed by atoms with Gasteiger partial charge in [0.25, 0.3) is 0 Å². The molecule has 0 bridgehead atoms. The molecule has 0 aliphatic rings. The van der Waals surface area contributed by atoms with Crippen LogP contribution in [0.5, 0.6) is 0 Å². The predicted molar refractivity (Wildman–Crippen MR) is 344 cm³/mol. The molecule has 0 aromatic rings. The van der Waals surface area contributed by atoms with E-state index in [2.05, 4.69) is 81.5 Å². The molecule has 0 rings (SSSR count). The van der Waals surface area contributed by atoms with Crippen molar-refractivity contribution in [3.8, 4) is 0 Å². The van der Waals surface area contributed by atoms with Crippen molar-refractivity contribution in [3.63, 3.8) is 0 Å². The second-order valence-corrected chi connectivity index (χ2v) is 23.4. The first-order chi connectivity index (χ1) is 39.0. The molecule has 6 nitrogen and oxygen atoms in total. The number of rotatable bonds is 64. The predicted octanol–water partition coefficient (Wildman–Crippen LogP) is 23.9. The Morgan fingerprint density at radius 2 is 0.456 bits per heavy atom. The summed E-state index contributed by atoms with van der Waals surface area (Å²) in [6.07, 6.45) is 86.7. The Labute approximate surface area is 491 Å². The number of hydrogen-bond acceptors (Lipinski definition) is 6. The summed E-state index contributed by atoms with van der Waals surface area (Å²) in [4.78, 5) is 38.4. The maximum Gasteiger partial charge on any atom is 0.306 e. The highest BCUT2D eigenvalue weighted by Gasteiger charge is 2.19. The third kappa shape index (κ3) is 65.8. The van der Waals surface area contributed by atoms with E-state index < -0.39 is 6.10 Å². The number of allylic oxidation sites excluding steroid dienone is 10. The second-order valence-electron chi connectivity index (χ2n) is 23.4. The smallest absolute Gasteiger partial charge is 0.306 e. The molecular weight excluding hydrogens is 973 g/mol. The van der Waals surface area contributed by atoms with E-state index >= 15 is 0 Å². The fourth-order valence-electron chi connectivity index (χ4n) is 10.2. The summed E-state index contributed by atoms with van der Waals surface area (Å²) in [5.41, 5.74) is 0. The normalized spacial score (nSPS) is 12.4. The Kier molecular flexibility index (Phi) is 65.1. The first kappa shape index (κ1) is 76.1. The average Bonchev–Trinajstić information content (AvgIpc) is 3.45. The highest BCUT2D eigenvalue weighted by atomic mass is 16.6. The van der Waals surface area contributed by atoms with Gasteiger partial charge >= 0.3 is 17.9 Å². The molecule has 0 fully saturated rings. The average molecular weight is 1110 g/mol. The van der Waals surface area contributed by atoms with Gasteiger partial charge in [-0.2, -0.15) is 0 Å². The van der Waals surface area contributed by atoms with Crippen LogP contribution in [0.1, 0.15) is 367 Å². The van der Waals surface area contributed by atoms with E-state index in [-0.39, 0.29) is 31.1 Å². The number of esters is 3. The minimum atomic E-state index is -0.775. The third-order valence-electron chi connectivity index (χ3n) is 15.5. The van der Waals surface area contributed by atoms with Gasteiger partial charge in [-0.1, -0.05) is 319 Å². The van der Waals surface area contributed by atoms with Gasteiger partial charge in [0, 0.05) is 19.3 Å². The van der Waals surface area contributed by atoms with Crippen LogP contribution in [0.2, 0.25) is 0 Å². The SMILES string of the molecule is CCCCC/C=C\C/C=C\CCCCCCCCCCCC(=O)OC(COC(=O)CCCCCCCCCCCCCCC)COC(=O)CCCCCCCCCCCCCCCC/C=C\C/C=C\C/C=C\CCCCCCC. The molecule has 0 aromatic carbocycles. The van der Waals surface area contributed by atoms with E-state index in [0.29, 0.717) is 19.3 Å². The van der Waals surface area contributed by atoms with Crippen LogP contribution in [0, 0.1) is 0 Å². The molecule has 460 valence electrons. The van der Waals surface area contributed by atoms with Gasteiger partial charge < -0.3 is 14.2 Å². The highest BCUT2D eigenvalue weighted by Crippen LogP contribution is 2.18. The summed E-state index contributed by atoms with van der Waals surface area (Å²) in [6.45, 7) is 6.65. The summed E-state index contributed by atoms with van der Waals surface area (Å²) in [7, 11) is 0. The lowest BCUT2D eigenvalue weighted by atomic mass is 10.0. The molecule has 0 radical (unpaired) electrons. The number of hydrogen-bond donors (Lipinski definition) is 0. The Bertz CT molecular complexity index is 1410. The maximum atomic E-state index is 12.9. The first-order valence-electron chi connectivity index (χ1n) is 34.8. The molecule has 6 heteroatoms. The maximum absolute atomic E-state index is 12.9. The number of unbranched alkanes of at least 4 members (excludes halogenated alkanes) is 43. The Hall–Kier alpha value is -2.89. The minimum Gasteiger partial charge on any atom is -0.462 e.